The SMILES string of the molecule is CCC(CC)c1c2nc(c(-c3ccc(N(C)C)cc3)c3ccc([nH]3)c(-c3ccc(N(C)C)cc3)c3nc(cc4ccc1[nH]4)C=C3)C=C2. The van der Waals surface area contributed by atoms with Gasteiger partial charge in [0.15, 0.2) is 0 Å². The second-order valence-corrected chi connectivity index (χ2v) is 12.8. The lowest BCUT2D eigenvalue weighted by atomic mass is 9.92. The highest BCUT2D eigenvalue weighted by atomic mass is 15.1. The van der Waals surface area contributed by atoms with Crippen LogP contribution in [-0.4, -0.2) is 48.1 Å². The highest BCUT2D eigenvalue weighted by Crippen LogP contribution is 2.37. The summed E-state index contributed by atoms with van der Waals surface area (Å²) in [6, 6.07) is 28.3. The minimum absolute atomic E-state index is 0.378. The van der Waals surface area contributed by atoms with Crippen LogP contribution in [0.1, 0.15) is 60.9 Å². The number of hydrogen-bond donors (Lipinski definition) is 2. The molecular formula is C41H42N6. The van der Waals surface area contributed by atoms with Crippen LogP contribution in [-0.2, 0) is 0 Å². The zero-order valence-electron chi connectivity index (χ0n) is 28.1. The van der Waals surface area contributed by atoms with E-state index in [1.54, 1.807) is 0 Å². The number of anilines is 2. The Morgan fingerprint density at radius 3 is 1.62 bits per heavy atom. The Balaban J connectivity index is 1.60. The molecule has 3 aromatic heterocycles. The number of fused-ring (bicyclic) bond motifs is 8. The first kappa shape index (κ1) is 30.3. The molecule has 5 aromatic rings. The number of aromatic amines is 2. The summed E-state index contributed by atoms with van der Waals surface area (Å²) in [7, 11) is 8.27. The predicted octanol–water partition coefficient (Wildman–Crippen LogP) is 10.0. The largest absolute Gasteiger partial charge is 0.378 e. The smallest absolute Gasteiger partial charge is 0.0737 e. The highest BCUT2D eigenvalue weighted by molar-refractivity contribution is 5.95. The number of nitrogens with zero attached hydrogens (tertiary/aromatic N) is 4. The van der Waals surface area contributed by atoms with Gasteiger partial charge in [-0.3, -0.25) is 0 Å². The normalized spacial score (nSPS) is 12.2. The number of aromatic nitrogens is 4. The standard InChI is InChI=1S/C41H42N6/c1-7-26(8-2)39-33-19-13-29(42-33)25-30-14-20-34(43-30)40(27-9-15-31(16-10-27)46(3)4)36-23-24-38(45-36)41(37-22-21-35(39)44-37)28-11-17-32(18-12-28)47(5)6/h9-26,42,45H,7-8H2,1-6H3. The summed E-state index contributed by atoms with van der Waals surface area (Å²) in [5, 5.41) is 0. The third-order valence-electron chi connectivity index (χ3n) is 9.36. The van der Waals surface area contributed by atoms with Gasteiger partial charge in [0.25, 0.3) is 0 Å². The molecule has 6 nitrogen and oxygen atoms in total. The van der Waals surface area contributed by atoms with Crippen LogP contribution >= 0.6 is 0 Å². The summed E-state index contributed by atoms with van der Waals surface area (Å²) in [6.45, 7) is 4.53. The molecule has 2 aliphatic rings. The van der Waals surface area contributed by atoms with Crippen molar-refractivity contribution in [2.24, 2.45) is 0 Å². The van der Waals surface area contributed by atoms with Crippen LogP contribution in [0.15, 0.2) is 78.9 Å². The van der Waals surface area contributed by atoms with Gasteiger partial charge in [0.2, 0.25) is 0 Å². The lowest BCUT2D eigenvalue weighted by Gasteiger charge is -2.14. The van der Waals surface area contributed by atoms with Gasteiger partial charge in [-0.05, 0) is 109 Å². The number of H-pyrrole nitrogens is 2. The van der Waals surface area contributed by atoms with Crippen molar-refractivity contribution in [3.05, 3.63) is 107 Å². The Morgan fingerprint density at radius 2 is 1.06 bits per heavy atom. The first-order chi connectivity index (χ1) is 22.8. The molecule has 6 heteroatoms. The van der Waals surface area contributed by atoms with Gasteiger partial charge in [0.1, 0.15) is 0 Å². The van der Waals surface area contributed by atoms with Gasteiger partial charge in [-0.25, -0.2) is 9.97 Å². The summed E-state index contributed by atoms with van der Waals surface area (Å²) < 4.78 is 0. The van der Waals surface area contributed by atoms with Crippen LogP contribution in [0.5, 0.6) is 0 Å². The van der Waals surface area contributed by atoms with Gasteiger partial charge >= 0.3 is 0 Å². The van der Waals surface area contributed by atoms with E-state index >= 15 is 0 Å². The molecular weight excluding hydrogens is 576 g/mol. The van der Waals surface area contributed by atoms with Gasteiger partial charge in [-0.2, -0.15) is 0 Å². The molecule has 0 atom stereocenters. The molecule has 0 saturated heterocycles. The maximum absolute atomic E-state index is 5.38. The van der Waals surface area contributed by atoms with Crippen molar-refractivity contribution in [1.29, 1.82) is 0 Å². The predicted molar refractivity (Wildman–Crippen MR) is 202 cm³/mol. The van der Waals surface area contributed by atoms with E-state index in [1.807, 2.05) is 0 Å². The van der Waals surface area contributed by atoms with Crippen LogP contribution in [0, 0.1) is 0 Å². The zero-order valence-corrected chi connectivity index (χ0v) is 28.1. The van der Waals surface area contributed by atoms with Crippen molar-refractivity contribution < 1.29 is 0 Å². The van der Waals surface area contributed by atoms with Gasteiger partial charge in [0, 0.05) is 78.3 Å². The molecule has 0 spiro atoms. The zero-order chi connectivity index (χ0) is 32.7. The van der Waals surface area contributed by atoms with Gasteiger partial charge in [0.05, 0.1) is 22.8 Å². The van der Waals surface area contributed by atoms with E-state index in [2.05, 4.69) is 165 Å². The molecule has 0 unspecified atom stereocenters. The lowest BCUT2D eigenvalue weighted by molar-refractivity contribution is 0.642. The van der Waals surface area contributed by atoms with Crippen LogP contribution in [0.25, 0.3) is 68.6 Å². The highest BCUT2D eigenvalue weighted by Gasteiger charge is 2.19. The van der Waals surface area contributed by atoms with E-state index in [1.165, 1.54) is 5.56 Å². The summed E-state index contributed by atoms with van der Waals surface area (Å²) in [5.41, 5.74) is 15.9. The van der Waals surface area contributed by atoms with E-state index in [0.29, 0.717) is 5.92 Å². The van der Waals surface area contributed by atoms with Crippen molar-refractivity contribution in [3.63, 3.8) is 0 Å². The van der Waals surface area contributed by atoms with Crippen molar-refractivity contribution in [3.8, 4) is 22.3 Å². The molecule has 0 radical (unpaired) electrons. The molecule has 2 aromatic carbocycles. The van der Waals surface area contributed by atoms with Gasteiger partial charge < -0.3 is 19.8 Å². The minimum atomic E-state index is 0.378. The van der Waals surface area contributed by atoms with Crippen LogP contribution in [0.4, 0.5) is 11.4 Å². The summed E-state index contributed by atoms with van der Waals surface area (Å²) in [4.78, 5) is 22.3. The van der Waals surface area contributed by atoms with Crippen LogP contribution in [0.3, 0.4) is 0 Å². The van der Waals surface area contributed by atoms with Crippen LogP contribution < -0.4 is 9.80 Å². The molecule has 2 N–H and O–H groups in total. The third kappa shape index (κ3) is 5.76. The van der Waals surface area contributed by atoms with Gasteiger partial charge in [-0.1, -0.05) is 38.1 Å². The fraction of sp³-hybridized carbons (Fsp3) is 0.220. The number of rotatable bonds is 7. The molecule has 5 heterocycles. The molecule has 7 rings (SSSR count). The fourth-order valence-corrected chi connectivity index (χ4v) is 6.75. The van der Waals surface area contributed by atoms with E-state index < -0.39 is 0 Å². The molecule has 47 heavy (non-hydrogen) atoms. The topological polar surface area (TPSA) is 63.8 Å². The molecule has 0 amide bonds. The molecule has 0 aliphatic carbocycles. The average molecular weight is 619 g/mol. The monoisotopic (exact) mass is 618 g/mol. The maximum Gasteiger partial charge on any atom is 0.0737 e. The number of benzene rings is 2. The Labute approximate surface area is 277 Å². The Bertz CT molecular complexity index is 2150. The average Bonchev–Trinajstić information content (AvgIpc) is 3.90. The van der Waals surface area contributed by atoms with Gasteiger partial charge in [-0.15, -0.1) is 0 Å². The Kier molecular flexibility index (Phi) is 8.02. The fourth-order valence-electron chi connectivity index (χ4n) is 6.75. The van der Waals surface area contributed by atoms with E-state index in [4.69, 9.17) is 9.97 Å². The third-order valence-corrected chi connectivity index (χ3v) is 9.36. The molecule has 0 fully saturated rings. The quantitative estimate of drug-likeness (QED) is 0.187. The second kappa shape index (κ2) is 12.4. The first-order valence-electron chi connectivity index (χ1n) is 16.5. The summed E-state index contributed by atoms with van der Waals surface area (Å²) in [6.07, 6.45) is 10.7. The van der Waals surface area contributed by atoms with E-state index in [-0.39, 0.29) is 0 Å². The number of hydrogen-bond acceptors (Lipinski definition) is 4. The lowest BCUT2D eigenvalue weighted by Crippen LogP contribution is -2.07. The van der Waals surface area contributed by atoms with E-state index in [0.717, 1.165) is 91.3 Å². The molecule has 8 bridgehead atoms. The molecule has 236 valence electrons. The van der Waals surface area contributed by atoms with Crippen molar-refractivity contribution in [2.75, 3.05) is 38.0 Å². The summed E-state index contributed by atoms with van der Waals surface area (Å²) >= 11 is 0. The van der Waals surface area contributed by atoms with Crippen molar-refractivity contribution in [2.45, 2.75) is 32.6 Å². The molecule has 0 saturated carbocycles. The number of nitrogens with one attached hydrogen (secondary N) is 2. The summed E-state index contributed by atoms with van der Waals surface area (Å²) in [5.74, 6) is 0.378. The minimum Gasteiger partial charge on any atom is -0.378 e. The molecule has 2 aliphatic heterocycles. The Morgan fingerprint density at radius 1 is 0.553 bits per heavy atom. The maximum atomic E-state index is 5.38. The Hall–Kier alpha value is -5.36. The van der Waals surface area contributed by atoms with Crippen LogP contribution in [0.2, 0.25) is 0 Å². The van der Waals surface area contributed by atoms with Crippen molar-refractivity contribution >= 4 is 57.7 Å². The van der Waals surface area contributed by atoms with Crippen molar-refractivity contribution in [1.82, 2.24) is 19.9 Å². The van der Waals surface area contributed by atoms with E-state index in [9.17, 15) is 0 Å². The second-order valence-electron chi connectivity index (χ2n) is 12.8. The first-order valence-corrected chi connectivity index (χ1v) is 16.5.